The molecule has 1 spiro atoms. The van der Waals surface area contributed by atoms with E-state index in [1.54, 1.807) is 0 Å². The quantitative estimate of drug-likeness (QED) is 0.120. The molecule has 0 saturated carbocycles. The van der Waals surface area contributed by atoms with Crippen molar-refractivity contribution in [1.82, 2.24) is 0 Å². The molecule has 0 saturated heterocycles. The summed E-state index contributed by atoms with van der Waals surface area (Å²) in [5.41, 5.74) is 28.3. The van der Waals surface area contributed by atoms with Crippen molar-refractivity contribution >= 4 is 67.0 Å². The van der Waals surface area contributed by atoms with Crippen LogP contribution in [0.2, 0.25) is 0 Å². The van der Waals surface area contributed by atoms with Crippen molar-refractivity contribution in [2.45, 2.75) is 5.41 Å². The van der Waals surface area contributed by atoms with E-state index < -0.39 is 5.41 Å². The normalized spacial score (nSPS) is 13.4. The summed E-state index contributed by atoms with van der Waals surface area (Å²) in [5.74, 6) is 0. The number of rotatable bonds is 12. The van der Waals surface area contributed by atoms with Gasteiger partial charge in [0.05, 0.1) is 16.8 Å². The summed E-state index contributed by atoms with van der Waals surface area (Å²) in [6.07, 6.45) is 0. The average molecular weight is 1210 g/mol. The molecule has 0 N–H and O–H groups in total. The second kappa shape index (κ2) is 22.8. The van der Waals surface area contributed by atoms with Crippen LogP contribution >= 0.6 is 11.3 Å². The van der Waals surface area contributed by atoms with Gasteiger partial charge in [-0.2, -0.15) is 0 Å². The molecule has 440 valence electrons. The fourth-order valence-electron chi connectivity index (χ4n) is 15.2. The largest absolute Gasteiger partial charge is 0.310 e. The minimum absolute atomic E-state index is 0.675. The summed E-state index contributed by atoms with van der Waals surface area (Å²) in [7, 11) is 0. The molecule has 16 aromatic rings. The standard InChI is InChI=1S/C91H60N2S/c1-5-21-61(22-6-1)63-39-49-73(50-40-63)92(85-37-19-31-67-25-13-15-33-77(67)85)75-53-43-65(44-54-75)71-47-57-80-79-35-17-18-36-82(79)91(83(80)59-71)84-60-72(48-58-81(84)87-88(91)90(70-29-11-4-12-30-70)94-89(87)69-27-9-3-10-28-69)66-45-55-76(56-46-66)93(86-38-20-32-68-26-14-16-34-78(68)86)74-51-41-64(42-52-74)62-23-7-2-8-24-62/h1-60H. The SMILES string of the molecule is c1ccc(-c2ccc(N(c3ccc(-c4ccc5c(c4)C4(c6ccccc6-5)c5cc(-c6ccc(N(c7ccc(-c8ccccc8)cc7)c7cccc8ccccc78)cc6)ccc5-c5c(-c6ccccc6)sc(-c6ccccc6)c54)cc3)c3cccc4ccccc34)cc2)cc1. The zero-order valence-corrected chi connectivity index (χ0v) is 52.3. The summed E-state index contributed by atoms with van der Waals surface area (Å²) < 4.78 is 0. The van der Waals surface area contributed by atoms with Crippen LogP contribution in [0.5, 0.6) is 0 Å². The Hall–Kier alpha value is -11.9. The Bertz CT molecular complexity index is 5500. The molecule has 94 heavy (non-hydrogen) atoms. The number of nitrogens with zero attached hydrogens (tertiary/aromatic N) is 2. The van der Waals surface area contributed by atoms with Crippen molar-refractivity contribution in [2.24, 2.45) is 0 Å². The molecule has 15 aromatic carbocycles. The third kappa shape index (κ3) is 9.07. The van der Waals surface area contributed by atoms with E-state index in [-0.39, 0.29) is 0 Å². The Morgan fingerprint density at radius 1 is 0.223 bits per heavy atom. The third-order valence-electron chi connectivity index (χ3n) is 19.5. The molecule has 0 aliphatic heterocycles. The maximum absolute atomic E-state index is 2.55. The van der Waals surface area contributed by atoms with Crippen LogP contribution < -0.4 is 9.80 Å². The first kappa shape index (κ1) is 55.0. The van der Waals surface area contributed by atoms with Gasteiger partial charge in [0.2, 0.25) is 0 Å². The van der Waals surface area contributed by atoms with E-state index in [0.29, 0.717) is 0 Å². The first-order valence-electron chi connectivity index (χ1n) is 32.4. The van der Waals surface area contributed by atoms with Gasteiger partial charge < -0.3 is 9.80 Å². The van der Waals surface area contributed by atoms with Crippen LogP contribution in [-0.2, 0) is 5.41 Å². The van der Waals surface area contributed by atoms with Gasteiger partial charge in [0, 0.05) is 48.8 Å². The van der Waals surface area contributed by atoms with Gasteiger partial charge in [0.25, 0.3) is 0 Å². The maximum atomic E-state index is 2.55. The monoisotopic (exact) mass is 1210 g/mol. The molecule has 1 unspecified atom stereocenters. The summed E-state index contributed by atoms with van der Waals surface area (Å²) in [5, 5.41) is 4.80. The molecule has 0 fully saturated rings. The van der Waals surface area contributed by atoms with E-state index in [9.17, 15) is 0 Å². The Morgan fingerprint density at radius 3 is 1.02 bits per heavy atom. The van der Waals surface area contributed by atoms with Crippen LogP contribution in [0.25, 0.3) is 109 Å². The molecule has 18 rings (SSSR count). The van der Waals surface area contributed by atoms with Crippen LogP contribution in [0.1, 0.15) is 22.3 Å². The van der Waals surface area contributed by atoms with Crippen molar-refractivity contribution < 1.29 is 0 Å². The van der Waals surface area contributed by atoms with Gasteiger partial charge in [0.1, 0.15) is 0 Å². The Labute approximate surface area is 552 Å². The first-order chi connectivity index (χ1) is 46.6. The fourth-order valence-corrected chi connectivity index (χ4v) is 16.6. The first-order valence-corrected chi connectivity index (χ1v) is 33.2. The van der Waals surface area contributed by atoms with E-state index in [4.69, 9.17) is 0 Å². The van der Waals surface area contributed by atoms with Gasteiger partial charge in [-0.05, 0) is 178 Å². The lowest BCUT2D eigenvalue weighted by atomic mass is 9.69. The molecule has 1 atom stereocenters. The summed E-state index contributed by atoms with van der Waals surface area (Å²) >= 11 is 1.93. The molecular formula is C91H60N2S. The van der Waals surface area contributed by atoms with Crippen LogP contribution in [0.3, 0.4) is 0 Å². The molecule has 1 heterocycles. The van der Waals surface area contributed by atoms with Gasteiger partial charge in [-0.3, -0.25) is 0 Å². The van der Waals surface area contributed by atoms with E-state index in [0.717, 1.165) is 45.3 Å². The molecule has 0 radical (unpaired) electrons. The fraction of sp³-hybridized carbons (Fsp3) is 0.0110. The minimum atomic E-state index is -0.675. The van der Waals surface area contributed by atoms with Crippen molar-refractivity contribution in [3.63, 3.8) is 0 Å². The molecule has 2 aliphatic carbocycles. The number of anilines is 6. The van der Waals surface area contributed by atoms with Gasteiger partial charge in [-0.1, -0.05) is 291 Å². The lowest BCUT2D eigenvalue weighted by molar-refractivity contribution is 0.799. The van der Waals surface area contributed by atoms with Crippen LogP contribution in [-0.4, -0.2) is 0 Å². The maximum Gasteiger partial charge on any atom is 0.0740 e. The molecule has 2 aliphatic rings. The third-order valence-corrected chi connectivity index (χ3v) is 20.8. The topological polar surface area (TPSA) is 6.48 Å². The smallest absolute Gasteiger partial charge is 0.0740 e. The highest BCUT2D eigenvalue weighted by molar-refractivity contribution is 7.19. The van der Waals surface area contributed by atoms with Gasteiger partial charge in [-0.25, -0.2) is 0 Å². The predicted octanol–water partition coefficient (Wildman–Crippen LogP) is 25.3. The van der Waals surface area contributed by atoms with Crippen molar-refractivity contribution in [1.29, 1.82) is 0 Å². The molecular weight excluding hydrogens is 1150 g/mol. The van der Waals surface area contributed by atoms with E-state index in [1.807, 2.05) is 11.3 Å². The highest BCUT2D eigenvalue weighted by Crippen LogP contribution is 2.69. The summed E-state index contributed by atoms with van der Waals surface area (Å²) in [6, 6.07) is 135. The van der Waals surface area contributed by atoms with Gasteiger partial charge in [0.15, 0.2) is 0 Å². The Kier molecular flexibility index (Phi) is 13.3. The van der Waals surface area contributed by atoms with Gasteiger partial charge in [-0.15, -0.1) is 11.3 Å². The highest BCUT2D eigenvalue weighted by atomic mass is 32.1. The molecule has 0 bridgehead atoms. The van der Waals surface area contributed by atoms with E-state index >= 15 is 0 Å². The number of benzene rings is 15. The number of hydrogen-bond donors (Lipinski definition) is 0. The van der Waals surface area contributed by atoms with Crippen molar-refractivity contribution in [3.05, 3.63) is 386 Å². The summed E-state index contributed by atoms with van der Waals surface area (Å²) in [4.78, 5) is 7.41. The average Bonchev–Trinajstić information content (AvgIpc) is 1.49. The Balaban J connectivity index is 0.799. The van der Waals surface area contributed by atoms with Crippen LogP contribution in [0.4, 0.5) is 34.1 Å². The van der Waals surface area contributed by atoms with E-state index in [1.165, 1.54) is 120 Å². The van der Waals surface area contributed by atoms with Crippen molar-refractivity contribution in [3.8, 4) is 87.6 Å². The number of thiophene rings is 1. The van der Waals surface area contributed by atoms with Crippen molar-refractivity contribution in [2.75, 3.05) is 9.80 Å². The van der Waals surface area contributed by atoms with Gasteiger partial charge >= 0.3 is 0 Å². The Morgan fingerprint density at radius 2 is 0.553 bits per heavy atom. The highest BCUT2D eigenvalue weighted by Gasteiger charge is 2.55. The zero-order valence-electron chi connectivity index (χ0n) is 51.4. The number of hydrogen-bond acceptors (Lipinski definition) is 3. The minimum Gasteiger partial charge on any atom is -0.310 e. The predicted molar refractivity (Wildman–Crippen MR) is 398 cm³/mol. The summed E-state index contributed by atoms with van der Waals surface area (Å²) in [6.45, 7) is 0. The van der Waals surface area contributed by atoms with Crippen LogP contribution in [0, 0.1) is 0 Å². The number of fused-ring (bicyclic) bond motifs is 12. The van der Waals surface area contributed by atoms with Crippen LogP contribution in [0.15, 0.2) is 364 Å². The molecule has 2 nitrogen and oxygen atoms in total. The lowest BCUT2D eigenvalue weighted by Crippen LogP contribution is -2.26. The molecule has 1 aromatic heterocycles. The second-order valence-electron chi connectivity index (χ2n) is 24.6. The lowest BCUT2D eigenvalue weighted by Gasteiger charge is -2.32. The zero-order chi connectivity index (χ0) is 62.1. The molecule has 0 amide bonds. The second-order valence-corrected chi connectivity index (χ2v) is 25.7. The molecule has 3 heteroatoms. The van der Waals surface area contributed by atoms with E-state index in [2.05, 4.69) is 374 Å².